The lowest BCUT2D eigenvalue weighted by molar-refractivity contribution is 0.0695. The molecule has 0 amide bonds. The lowest BCUT2D eigenvalue weighted by atomic mass is 10.1. The van der Waals surface area contributed by atoms with E-state index >= 15 is 0 Å². The van der Waals surface area contributed by atoms with Crippen LogP contribution in [0.4, 0.5) is 0 Å². The largest absolute Gasteiger partial charge is 0.478 e. The van der Waals surface area contributed by atoms with Crippen molar-refractivity contribution in [3.8, 4) is 0 Å². The fourth-order valence-corrected chi connectivity index (χ4v) is 3.51. The number of aryl methyl sites for hydroxylation is 1. The lowest BCUT2D eigenvalue weighted by Gasteiger charge is -2.17. The number of hydrogen-bond donors (Lipinski definition) is 1. The van der Waals surface area contributed by atoms with Crippen LogP contribution in [0.1, 0.15) is 22.8 Å². The van der Waals surface area contributed by atoms with Crippen molar-refractivity contribution in [2.75, 3.05) is 25.6 Å². The van der Waals surface area contributed by atoms with Gasteiger partial charge in [0.2, 0.25) is 10.0 Å². The van der Waals surface area contributed by atoms with E-state index in [1.165, 1.54) is 23.5 Å². The van der Waals surface area contributed by atoms with Gasteiger partial charge in [0.05, 0.1) is 10.5 Å². The average molecular weight is 317 g/mol. The molecule has 0 saturated carbocycles. The zero-order valence-corrected chi connectivity index (χ0v) is 13.4. The number of sulfonamides is 1. The number of benzene rings is 1. The maximum atomic E-state index is 12.3. The molecular weight excluding hydrogens is 298 g/mol. The molecule has 0 heterocycles. The molecule has 20 heavy (non-hydrogen) atoms. The van der Waals surface area contributed by atoms with Gasteiger partial charge >= 0.3 is 5.97 Å². The third-order valence-electron chi connectivity index (χ3n) is 3.01. The van der Waals surface area contributed by atoms with Crippen molar-refractivity contribution in [3.05, 3.63) is 29.3 Å². The molecule has 5 nitrogen and oxygen atoms in total. The number of carboxylic acid groups (broad SMARTS) is 1. The number of thioether (sulfide) groups is 1. The molecule has 1 aromatic carbocycles. The molecule has 0 fully saturated rings. The quantitative estimate of drug-likeness (QED) is 0.832. The summed E-state index contributed by atoms with van der Waals surface area (Å²) in [6, 6.07) is 4.28. The van der Waals surface area contributed by atoms with Crippen LogP contribution in [0.3, 0.4) is 0 Å². The van der Waals surface area contributed by atoms with E-state index in [0.717, 1.165) is 0 Å². The van der Waals surface area contributed by atoms with Gasteiger partial charge in [-0.05, 0) is 30.4 Å². The molecule has 0 saturated heterocycles. The van der Waals surface area contributed by atoms with Crippen molar-refractivity contribution in [3.63, 3.8) is 0 Å². The highest BCUT2D eigenvalue weighted by Gasteiger charge is 2.22. The lowest BCUT2D eigenvalue weighted by Crippen LogP contribution is -2.29. The predicted octanol–water partition coefficient (Wildman–Crippen LogP) is 1.93. The number of nitrogens with zero attached hydrogens (tertiary/aromatic N) is 1. The van der Waals surface area contributed by atoms with E-state index in [2.05, 4.69) is 0 Å². The van der Waals surface area contributed by atoms with Gasteiger partial charge < -0.3 is 5.11 Å². The molecule has 0 aliphatic heterocycles. The molecule has 0 spiro atoms. The summed E-state index contributed by atoms with van der Waals surface area (Å²) < 4.78 is 25.9. The van der Waals surface area contributed by atoms with E-state index in [9.17, 15) is 13.2 Å². The average Bonchev–Trinajstić information content (AvgIpc) is 2.43. The molecule has 0 atom stereocenters. The van der Waals surface area contributed by atoms with Crippen molar-refractivity contribution >= 4 is 27.8 Å². The zero-order valence-electron chi connectivity index (χ0n) is 11.8. The van der Waals surface area contributed by atoms with Crippen LogP contribution in [0.2, 0.25) is 0 Å². The second-order valence-corrected chi connectivity index (χ2v) is 7.33. The SMILES string of the molecule is CCc1ccc(S(=O)(=O)N(C)CCSC)cc1C(=O)O. The van der Waals surface area contributed by atoms with Gasteiger partial charge in [-0.2, -0.15) is 11.8 Å². The summed E-state index contributed by atoms with van der Waals surface area (Å²) in [5.41, 5.74) is 0.676. The van der Waals surface area contributed by atoms with E-state index in [1.807, 2.05) is 13.2 Å². The third kappa shape index (κ3) is 3.74. The number of aromatic carboxylic acids is 1. The third-order valence-corrected chi connectivity index (χ3v) is 5.45. The molecule has 7 heteroatoms. The van der Waals surface area contributed by atoms with Crippen molar-refractivity contribution in [2.45, 2.75) is 18.2 Å². The molecule has 0 aliphatic rings. The molecule has 1 N–H and O–H groups in total. The van der Waals surface area contributed by atoms with E-state index in [0.29, 0.717) is 24.3 Å². The van der Waals surface area contributed by atoms with E-state index in [-0.39, 0.29) is 10.5 Å². The molecule has 1 rings (SSSR count). The molecule has 0 aromatic heterocycles. The van der Waals surface area contributed by atoms with Crippen molar-refractivity contribution in [1.82, 2.24) is 4.31 Å². The first kappa shape index (κ1) is 17.0. The van der Waals surface area contributed by atoms with E-state index in [4.69, 9.17) is 5.11 Å². The Bertz CT molecular complexity index is 584. The van der Waals surface area contributed by atoms with Crippen LogP contribution in [-0.4, -0.2) is 49.4 Å². The van der Waals surface area contributed by atoms with Gasteiger partial charge in [0.1, 0.15) is 0 Å². The van der Waals surface area contributed by atoms with Gasteiger partial charge in [-0.1, -0.05) is 13.0 Å². The fourth-order valence-electron chi connectivity index (χ4n) is 1.74. The predicted molar refractivity (Wildman–Crippen MR) is 81.0 cm³/mol. The van der Waals surface area contributed by atoms with Gasteiger partial charge in [-0.3, -0.25) is 0 Å². The van der Waals surface area contributed by atoms with Gasteiger partial charge in [-0.25, -0.2) is 17.5 Å². The molecule has 112 valence electrons. The molecule has 0 aliphatic carbocycles. The number of rotatable bonds is 7. The maximum absolute atomic E-state index is 12.3. The van der Waals surface area contributed by atoms with Crippen molar-refractivity contribution in [1.29, 1.82) is 0 Å². The molecular formula is C13H19NO4S2. The minimum Gasteiger partial charge on any atom is -0.478 e. The van der Waals surface area contributed by atoms with Gasteiger partial charge in [-0.15, -0.1) is 0 Å². The summed E-state index contributed by atoms with van der Waals surface area (Å²) in [6.07, 6.45) is 2.45. The van der Waals surface area contributed by atoms with E-state index in [1.54, 1.807) is 17.8 Å². The first-order chi connectivity index (χ1) is 9.34. The maximum Gasteiger partial charge on any atom is 0.336 e. The molecule has 1 aromatic rings. The van der Waals surface area contributed by atoms with Crippen LogP contribution in [0.25, 0.3) is 0 Å². The number of carbonyl (C=O) groups is 1. The highest BCUT2D eigenvalue weighted by molar-refractivity contribution is 7.98. The summed E-state index contributed by atoms with van der Waals surface area (Å²) in [7, 11) is -2.14. The number of carboxylic acids is 1. The Hall–Kier alpha value is -1.05. The minimum absolute atomic E-state index is 0.0238. The Labute approximate surface area is 124 Å². The van der Waals surface area contributed by atoms with Crippen molar-refractivity contribution < 1.29 is 18.3 Å². The van der Waals surface area contributed by atoms with Crippen LogP contribution < -0.4 is 0 Å². The normalized spacial score (nSPS) is 11.8. The summed E-state index contributed by atoms with van der Waals surface area (Å²) in [4.78, 5) is 11.2. The highest BCUT2D eigenvalue weighted by atomic mass is 32.2. The Morgan fingerprint density at radius 1 is 1.40 bits per heavy atom. The van der Waals surface area contributed by atoms with Crippen LogP contribution >= 0.6 is 11.8 Å². The van der Waals surface area contributed by atoms with Crippen LogP contribution in [-0.2, 0) is 16.4 Å². The molecule has 0 unspecified atom stereocenters. The van der Waals surface area contributed by atoms with Gasteiger partial charge in [0.15, 0.2) is 0 Å². The summed E-state index contributed by atoms with van der Waals surface area (Å²) in [5.74, 6) is -0.417. The first-order valence-corrected chi connectivity index (χ1v) is 8.99. The second-order valence-electron chi connectivity index (χ2n) is 4.30. The van der Waals surface area contributed by atoms with Crippen LogP contribution in [0.5, 0.6) is 0 Å². The fraction of sp³-hybridized carbons (Fsp3) is 0.462. The number of hydrogen-bond acceptors (Lipinski definition) is 4. The summed E-state index contributed by atoms with van der Waals surface area (Å²) in [5, 5.41) is 9.16. The Kier molecular flexibility index (Phi) is 6.04. The van der Waals surface area contributed by atoms with Crippen LogP contribution in [0, 0.1) is 0 Å². The zero-order chi connectivity index (χ0) is 15.3. The van der Waals surface area contributed by atoms with Crippen molar-refractivity contribution in [2.24, 2.45) is 0 Å². The monoisotopic (exact) mass is 317 g/mol. The smallest absolute Gasteiger partial charge is 0.336 e. The highest BCUT2D eigenvalue weighted by Crippen LogP contribution is 2.20. The summed E-state index contributed by atoms with van der Waals surface area (Å²) >= 11 is 1.56. The summed E-state index contributed by atoms with van der Waals surface area (Å²) in [6.45, 7) is 2.22. The molecule has 0 bridgehead atoms. The standard InChI is InChI=1S/C13H19NO4S2/c1-4-10-5-6-11(9-12(10)13(15)16)20(17,18)14(2)7-8-19-3/h5-6,9H,4,7-8H2,1-3H3,(H,15,16). The Balaban J connectivity index is 3.19. The minimum atomic E-state index is -3.64. The molecule has 0 radical (unpaired) electrons. The van der Waals surface area contributed by atoms with Gasteiger partial charge in [0, 0.05) is 19.3 Å². The van der Waals surface area contributed by atoms with Gasteiger partial charge in [0.25, 0.3) is 0 Å². The second kappa shape index (κ2) is 7.10. The first-order valence-electron chi connectivity index (χ1n) is 6.16. The topological polar surface area (TPSA) is 74.7 Å². The van der Waals surface area contributed by atoms with Crippen LogP contribution in [0.15, 0.2) is 23.1 Å². The Morgan fingerprint density at radius 2 is 2.05 bits per heavy atom. The van der Waals surface area contributed by atoms with E-state index < -0.39 is 16.0 Å². The Morgan fingerprint density at radius 3 is 2.55 bits per heavy atom.